The lowest BCUT2D eigenvalue weighted by Gasteiger charge is -2.12. The summed E-state index contributed by atoms with van der Waals surface area (Å²) in [5.41, 5.74) is 3.29. The van der Waals surface area contributed by atoms with Crippen LogP contribution in [0, 0.1) is 5.82 Å². The molecular weight excluding hydrogens is 339 g/mol. The van der Waals surface area contributed by atoms with Crippen LogP contribution in [0.25, 0.3) is 11.3 Å². The number of aromatic nitrogens is 1. The summed E-state index contributed by atoms with van der Waals surface area (Å²) in [6.07, 6.45) is 0. The minimum Gasteiger partial charge on any atom is -0.332 e. The first-order valence-corrected chi connectivity index (χ1v) is 8.46. The minimum absolute atomic E-state index is 0.174. The molecule has 5 nitrogen and oxygen atoms in total. The second-order valence-corrected chi connectivity index (χ2v) is 6.43. The fourth-order valence-corrected chi connectivity index (χ4v) is 2.82. The summed E-state index contributed by atoms with van der Waals surface area (Å²) < 4.78 is 12.9. The van der Waals surface area contributed by atoms with Crippen molar-refractivity contribution < 1.29 is 9.18 Å². The fourth-order valence-electron chi connectivity index (χ4n) is 2.08. The molecule has 3 aromatic rings. The van der Waals surface area contributed by atoms with Gasteiger partial charge in [-0.2, -0.15) is 0 Å². The van der Waals surface area contributed by atoms with Gasteiger partial charge in [0.15, 0.2) is 5.13 Å². The number of benzene rings is 2. The summed E-state index contributed by atoms with van der Waals surface area (Å²) in [5, 5.41) is 8.61. The van der Waals surface area contributed by atoms with Crippen LogP contribution < -0.4 is 10.6 Å². The van der Waals surface area contributed by atoms with Crippen molar-refractivity contribution in [3.05, 3.63) is 59.7 Å². The van der Waals surface area contributed by atoms with Crippen LogP contribution in [0.5, 0.6) is 0 Å². The molecule has 0 spiro atoms. The molecule has 7 heteroatoms. The Morgan fingerprint density at radius 3 is 2.32 bits per heavy atom. The highest BCUT2D eigenvalue weighted by Gasteiger charge is 2.07. The smallest absolute Gasteiger partial charge is 0.321 e. The van der Waals surface area contributed by atoms with Gasteiger partial charge in [-0.25, -0.2) is 14.2 Å². The molecule has 0 aliphatic rings. The fraction of sp³-hybridized carbons (Fsp3) is 0.111. The van der Waals surface area contributed by atoms with Gasteiger partial charge < -0.3 is 15.5 Å². The van der Waals surface area contributed by atoms with E-state index in [9.17, 15) is 9.18 Å². The van der Waals surface area contributed by atoms with Gasteiger partial charge in [-0.15, -0.1) is 11.3 Å². The highest BCUT2D eigenvalue weighted by molar-refractivity contribution is 7.14. The van der Waals surface area contributed by atoms with E-state index < -0.39 is 0 Å². The van der Waals surface area contributed by atoms with E-state index in [0.717, 1.165) is 27.8 Å². The maximum absolute atomic E-state index is 12.9. The first-order chi connectivity index (χ1) is 12.0. The van der Waals surface area contributed by atoms with Gasteiger partial charge in [-0.3, -0.25) is 0 Å². The molecule has 3 rings (SSSR count). The first kappa shape index (κ1) is 16.9. The Bertz CT molecular complexity index is 860. The molecule has 0 saturated heterocycles. The number of anilines is 3. The number of nitrogens with one attached hydrogen (secondary N) is 2. The summed E-state index contributed by atoms with van der Waals surface area (Å²) in [6.45, 7) is 0. The van der Waals surface area contributed by atoms with Crippen molar-refractivity contribution in [2.45, 2.75) is 0 Å². The molecule has 0 aliphatic carbocycles. The lowest BCUT2D eigenvalue weighted by Crippen LogP contribution is -2.27. The molecule has 0 saturated carbocycles. The number of thiazole rings is 1. The van der Waals surface area contributed by atoms with E-state index in [4.69, 9.17) is 0 Å². The van der Waals surface area contributed by atoms with E-state index in [1.807, 2.05) is 29.6 Å². The molecule has 0 unspecified atom stereocenters. The predicted molar refractivity (Wildman–Crippen MR) is 99.9 cm³/mol. The van der Waals surface area contributed by atoms with Gasteiger partial charge in [0.05, 0.1) is 5.69 Å². The molecule has 2 N–H and O–H groups in total. The summed E-state index contributed by atoms with van der Waals surface area (Å²) in [6, 6.07) is 13.4. The van der Waals surface area contributed by atoms with Crippen molar-refractivity contribution in [3.63, 3.8) is 0 Å². The lowest BCUT2D eigenvalue weighted by atomic mass is 10.1. The van der Waals surface area contributed by atoms with E-state index in [2.05, 4.69) is 15.6 Å². The quantitative estimate of drug-likeness (QED) is 0.707. The molecule has 25 heavy (non-hydrogen) atoms. The van der Waals surface area contributed by atoms with Gasteiger partial charge >= 0.3 is 6.03 Å². The van der Waals surface area contributed by atoms with E-state index in [0.29, 0.717) is 0 Å². The van der Waals surface area contributed by atoms with Crippen LogP contribution in [0.1, 0.15) is 0 Å². The molecule has 0 bridgehead atoms. The number of nitrogens with zero attached hydrogens (tertiary/aromatic N) is 2. The molecule has 2 amide bonds. The van der Waals surface area contributed by atoms with Crippen LogP contribution in [0.4, 0.5) is 25.7 Å². The predicted octanol–water partition coefficient (Wildman–Crippen LogP) is 4.79. The minimum atomic E-state index is -0.271. The lowest BCUT2D eigenvalue weighted by molar-refractivity contribution is 0.230. The van der Waals surface area contributed by atoms with Crippen LogP contribution in [0.15, 0.2) is 53.9 Å². The zero-order valence-electron chi connectivity index (χ0n) is 13.8. The van der Waals surface area contributed by atoms with Crippen molar-refractivity contribution >= 4 is 33.9 Å². The Morgan fingerprint density at radius 1 is 1.04 bits per heavy atom. The van der Waals surface area contributed by atoms with E-state index in [1.54, 1.807) is 26.2 Å². The van der Waals surface area contributed by atoms with Crippen LogP contribution in [-0.4, -0.2) is 30.0 Å². The number of carbonyl (C=O) groups is 1. The number of hydrogen-bond acceptors (Lipinski definition) is 4. The summed E-state index contributed by atoms with van der Waals surface area (Å²) >= 11 is 1.47. The Morgan fingerprint density at radius 2 is 1.68 bits per heavy atom. The van der Waals surface area contributed by atoms with Gasteiger partial charge in [0, 0.05) is 36.4 Å². The molecule has 0 atom stereocenters. The van der Waals surface area contributed by atoms with Gasteiger partial charge in [0.1, 0.15) is 5.82 Å². The Hall–Kier alpha value is -2.93. The highest BCUT2D eigenvalue weighted by atomic mass is 32.1. The number of urea groups is 1. The first-order valence-electron chi connectivity index (χ1n) is 7.58. The van der Waals surface area contributed by atoms with Crippen molar-refractivity contribution in [2.75, 3.05) is 24.7 Å². The average molecular weight is 356 g/mol. The van der Waals surface area contributed by atoms with Crippen LogP contribution in [0.2, 0.25) is 0 Å². The van der Waals surface area contributed by atoms with Gasteiger partial charge in [-0.05, 0) is 36.4 Å². The average Bonchev–Trinajstić information content (AvgIpc) is 3.06. The third-order valence-electron chi connectivity index (χ3n) is 3.44. The topological polar surface area (TPSA) is 57.3 Å². The second-order valence-electron chi connectivity index (χ2n) is 5.57. The van der Waals surface area contributed by atoms with E-state index in [-0.39, 0.29) is 11.8 Å². The van der Waals surface area contributed by atoms with Gasteiger partial charge in [0.25, 0.3) is 0 Å². The van der Waals surface area contributed by atoms with Crippen LogP contribution >= 0.6 is 11.3 Å². The molecular formula is C18H17FN4OS. The maximum atomic E-state index is 12.9. The number of halogens is 1. The van der Waals surface area contributed by atoms with Crippen molar-refractivity contribution in [2.24, 2.45) is 0 Å². The standard InChI is InChI=1S/C18H17FN4OS/c1-23(2)18(24)21-15-7-3-12(4-8-15)16-11-25-17(22-16)20-14-9-5-13(19)6-10-14/h3-11H,1-2H3,(H,20,22)(H,21,24). The Labute approximate surface area is 149 Å². The Balaban J connectivity index is 1.69. The Kier molecular flexibility index (Phi) is 4.95. The zero-order chi connectivity index (χ0) is 17.8. The summed E-state index contributed by atoms with van der Waals surface area (Å²) in [5.74, 6) is -0.271. The third kappa shape index (κ3) is 4.33. The third-order valence-corrected chi connectivity index (χ3v) is 4.20. The second kappa shape index (κ2) is 7.31. The number of amides is 2. The molecule has 0 radical (unpaired) electrons. The molecule has 2 aromatic carbocycles. The number of hydrogen-bond donors (Lipinski definition) is 2. The van der Waals surface area contributed by atoms with Gasteiger partial charge in [-0.1, -0.05) is 12.1 Å². The van der Waals surface area contributed by atoms with Crippen LogP contribution in [0.3, 0.4) is 0 Å². The van der Waals surface area contributed by atoms with E-state index >= 15 is 0 Å². The highest BCUT2D eigenvalue weighted by Crippen LogP contribution is 2.28. The van der Waals surface area contributed by atoms with Gasteiger partial charge in [0.2, 0.25) is 0 Å². The molecule has 1 heterocycles. The summed E-state index contributed by atoms with van der Waals surface area (Å²) in [7, 11) is 3.38. The molecule has 0 aliphatic heterocycles. The summed E-state index contributed by atoms with van der Waals surface area (Å²) in [4.78, 5) is 17.6. The monoisotopic (exact) mass is 356 g/mol. The number of rotatable bonds is 4. The SMILES string of the molecule is CN(C)C(=O)Nc1ccc(-c2csc(Nc3ccc(F)cc3)n2)cc1. The van der Waals surface area contributed by atoms with Crippen molar-refractivity contribution in [1.29, 1.82) is 0 Å². The zero-order valence-corrected chi connectivity index (χ0v) is 14.6. The van der Waals surface area contributed by atoms with E-state index in [1.165, 1.54) is 28.4 Å². The van der Waals surface area contributed by atoms with Crippen molar-refractivity contribution in [3.8, 4) is 11.3 Å². The maximum Gasteiger partial charge on any atom is 0.321 e. The normalized spacial score (nSPS) is 10.4. The number of carbonyl (C=O) groups excluding carboxylic acids is 1. The largest absolute Gasteiger partial charge is 0.332 e. The molecule has 0 fully saturated rings. The van der Waals surface area contributed by atoms with Crippen molar-refractivity contribution in [1.82, 2.24) is 9.88 Å². The van der Waals surface area contributed by atoms with Crippen LogP contribution in [-0.2, 0) is 0 Å². The molecule has 1 aromatic heterocycles. The molecule has 128 valence electrons.